The first-order valence-corrected chi connectivity index (χ1v) is 8.78. The van der Waals surface area contributed by atoms with Crippen molar-refractivity contribution >= 4 is 18.8 Å². The Bertz CT molecular complexity index is 68.4. The Morgan fingerprint density at radius 2 is 1.82 bits per heavy atom. The Kier molecular flexibility index (Phi) is 18.3. The molecule has 1 atom stereocenters. The summed E-state index contributed by atoms with van der Waals surface area (Å²) < 4.78 is 0. The van der Waals surface area contributed by atoms with Gasteiger partial charge in [-0.15, -0.1) is 0 Å². The van der Waals surface area contributed by atoms with E-state index < -0.39 is 22.7 Å². The number of halogens is 2. The predicted octanol–water partition coefficient (Wildman–Crippen LogP) is 0.769. The van der Waals surface area contributed by atoms with Crippen LogP contribution in [0.4, 0.5) is 0 Å². The number of hydrogen-bond acceptors (Lipinski definition) is 3. The van der Waals surface area contributed by atoms with Crippen molar-refractivity contribution in [2.24, 2.45) is 11.5 Å². The minimum absolute atomic E-state index is 0.472. The molecule has 0 aromatic heterocycles. The van der Waals surface area contributed by atoms with Gasteiger partial charge in [0.2, 0.25) is 0 Å². The van der Waals surface area contributed by atoms with E-state index in [1.807, 2.05) is 0 Å². The van der Waals surface area contributed by atoms with E-state index in [0.717, 1.165) is 12.8 Å². The molecule has 0 rings (SSSR count). The van der Waals surface area contributed by atoms with Gasteiger partial charge in [-0.25, -0.2) is 0 Å². The first-order chi connectivity index (χ1) is 5.18. The average molecular weight is 384 g/mol. The monoisotopic (exact) mass is 383 g/mol. The molecule has 5 N–H and O–H groups in total. The number of aliphatic hydroxyl groups is 1. The maximum atomic E-state index is 8.52. The summed E-state index contributed by atoms with van der Waals surface area (Å²) in [4.78, 5) is 0. The zero-order valence-corrected chi connectivity index (χ0v) is 9.86. The average Bonchev–Trinajstić information content (AvgIpc) is 1.89. The third-order valence-electron chi connectivity index (χ3n) is 0.954. The number of nitrogens with two attached hydrogens (primary N) is 2. The van der Waals surface area contributed by atoms with Crippen molar-refractivity contribution in [3.05, 3.63) is 0 Å². The second kappa shape index (κ2) is 13.7. The molecule has 0 amide bonds. The Labute approximate surface area is 83.8 Å². The molecule has 0 spiro atoms. The van der Waals surface area contributed by atoms with Crippen molar-refractivity contribution in [1.29, 1.82) is 0 Å². The molecule has 3 nitrogen and oxygen atoms in total. The number of aliphatic hydroxyl groups excluding tert-OH is 1. The zero-order valence-electron chi connectivity index (χ0n) is 6.08. The molecule has 0 bridgehead atoms. The molecule has 0 heterocycles. The fourth-order valence-corrected chi connectivity index (χ4v) is 0.498. The molecule has 0 radical (unpaired) electrons. The van der Waals surface area contributed by atoms with E-state index in [-0.39, 0.29) is 0 Å². The molecule has 6 heteroatoms. The first-order valence-electron chi connectivity index (χ1n) is 3.15. The van der Waals surface area contributed by atoms with Gasteiger partial charge in [0.25, 0.3) is 0 Å². The summed E-state index contributed by atoms with van der Waals surface area (Å²) in [5, 5.41) is 8.52. The second-order valence-electron chi connectivity index (χ2n) is 1.90. The van der Waals surface area contributed by atoms with Crippen LogP contribution in [-0.4, -0.2) is 17.9 Å². The van der Waals surface area contributed by atoms with Crippen LogP contribution in [0.15, 0.2) is 0 Å². The van der Waals surface area contributed by atoms with Crippen molar-refractivity contribution in [2.75, 3.05) is 6.54 Å². The van der Waals surface area contributed by atoms with E-state index >= 15 is 0 Å². The molecule has 11 heavy (non-hydrogen) atoms. The van der Waals surface area contributed by atoms with Gasteiger partial charge in [-0.1, -0.05) is 0 Å². The van der Waals surface area contributed by atoms with E-state index in [0.29, 0.717) is 13.0 Å². The minimum atomic E-state index is -0.651. The second-order valence-corrected chi connectivity index (χ2v) is 5.18. The molecule has 0 aliphatic heterocycles. The van der Waals surface area contributed by atoms with Gasteiger partial charge in [-0.2, -0.15) is 0 Å². The molecule has 0 aliphatic rings. The summed E-state index contributed by atoms with van der Waals surface area (Å²) in [5.41, 5.74) is 10.2. The van der Waals surface area contributed by atoms with Crippen molar-refractivity contribution in [2.45, 2.75) is 25.5 Å². The molecular formula is C5H14Cl2N2OPt. The fraction of sp³-hybridized carbons (Fsp3) is 1.00. The Morgan fingerprint density at radius 1 is 1.36 bits per heavy atom. The Balaban J connectivity index is 0. The van der Waals surface area contributed by atoms with E-state index in [9.17, 15) is 0 Å². The van der Waals surface area contributed by atoms with E-state index in [2.05, 4.69) is 0 Å². The molecule has 1 unspecified atom stereocenters. The van der Waals surface area contributed by atoms with Crippen LogP contribution in [-0.2, 0) is 16.5 Å². The third-order valence-corrected chi connectivity index (χ3v) is 0.954. The van der Waals surface area contributed by atoms with Crippen LogP contribution < -0.4 is 11.5 Å². The van der Waals surface area contributed by atoms with Gasteiger partial charge in [-0.05, 0) is 25.8 Å². The van der Waals surface area contributed by atoms with Crippen LogP contribution in [0.3, 0.4) is 0 Å². The van der Waals surface area contributed by atoms with Crippen LogP contribution in [0.2, 0.25) is 0 Å². The zero-order chi connectivity index (χ0) is 9.11. The van der Waals surface area contributed by atoms with E-state index in [1.165, 1.54) is 0 Å². The summed E-state index contributed by atoms with van der Waals surface area (Å²) >= 11 is -0.472. The molecular weight excluding hydrogens is 370 g/mol. The van der Waals surface area contributed by atoms with Crippen molar-refractivity contribution in [3.8, 4) is 0 Å². The van der Waals surface area contributed by atoms with Crippen LogP contribution in [0.25, 0.3) is 0 Å². The van der Waals surface area contributed by atoms with Crippen LogP contribution in [0.1, 0.15) is 19.3 Å². The van der Waals surface area contributed by atoms with Crippen molar-refractivity contribution in [3.63, 3.8) is 0 Å². The van der Waals surface area contributed by atoms with Gasteiger partial charge in [0.1, 0.15) is 6.23 Å². The molecule has 0 aromatic rings. The fourth-order valence-electron chi connectivity index (χ4n) is 0.498. The van der Waals surface area contributed by atoms with Gasteiger partial charge < -0.3 is 16.6 Å². The van der Waals surface area contributed by atoms with Gasteiger partial charge in [-0.3, -0.25) is 0 Å². The number of unbranched alkanes of at least 4 members (excludes halogenated alkanes) is 1. The summed E-state index contributed by atoms with van der Waals surface area (Å²) in [6.07, 6.45) is 1.89. The summed E-state index contributed by atoms with van der Waals surface area (Å²) in [5.74, 6) is 0. The summed E-state index contributed by atoms with van der Waals surface area (Å²) in [6.45, 7) is 0.687. The topological polar surface area (TPSA) is 72.3 Å². The van der Waals surface area contributed by atoms with Gasteiger partial charge in [0.05, 0.1) is 0 Å². The first kappa shape index (κ1) is 14.7. The summed E-state index contributed by atoms with van der Waals surface area (Å²) in [7, 11) is 9.75. The molecule has 0 fully saturated rings. The molecule has 74 valence electrons. The van der Waals surface area contributed by atoms with Crippen LogP contribution in [0, 0.1) is 0 Å². The van der Waals surface area contributed by atoms with E-state index in [1.54, 1.807) is 0 Å². The standard InChI is InChI=1S/C5H14N2O.2ClH.Pt/c6-4-2-1-3-5(7)8;;;/h5,8H,1-4,6-7H2;2*1H;/q;;;+2/p-2. The van der Waals surface area contributed by atoms with Crippen molar-refractivity contribution < 1.29 is 21.6 Å². The van der Waals surface area contributed by atoms with Crippen molar-refractivity contribution in [1.82, 2.24) is 0 Å². The van der Waals surface area contributed by atoms with Crippen LogP contribution >= 0.6 is 18.8 Å². The maximum absolute atomic E-state index is 8.52. The molecule has 0 saturated heterocycles. The van der Waals surface area contributed by atoms with Gasteiger partial charge >= 0.3 is 35.3 Å². The molecule has 0 saturated carbocycles. The Morgan fingerprint density at radius 3 is 2.09 bits per heavy atom. The normalized spacial score (nSPS) is 12.1. The van der Waals surface area contributed by atoms with Gasteiger partial charge in [0, 0.05) is 0 Å². The summed E-state index contributed by atoms with van der Waals surface area (Å²) in [6, 6.07) is 0. The van der Waals surface area contributed by atoms with E-state index in [4.69, 9.17) is 35.4 Å². The Hall–Kier alpha value is 1.15. The molecule has 0 aliphatic carbocycles. The quantitative estimate of drug-likeness (QED) is 0.496. The predicted molar refractivity (Wildman–Crippen MR) is 44.8 cm³/mol. The third kappa shape index (κ3) is 24.7. The van der Waals surface area contributed by atoms with Crippen LogP contribution in [0.5, 0.6) is 0 Å². The number of rotatable bonds is 4. The SMILES string of the molecule is NCCCCC(N)O.[Cl][Pt][Cl]. The molecule has 0 aromatic carbocycles. The van der Waals surface area contributed by atoms with Gasteiger partial charge in [0.15, 0.2) is 0 Å². The number of hydrogen-bond donors (Lipinski definition) is 3.